The quantitative estimate of drug-likeness (QED) is 0.789. The van der Waals surface area contributed by atoms with Gasteiger partial charge in [-0.2, -0.15) is 0 Å². The number of benzene rings is 1. The number of anilines is 1. The van der Waals surface area contributed by atoms with Gasteiger partial charge in [0.25, 0.3) is 0 Å². The third-order valence-corrected chi connectivity index (χ3v) is 3.66. The Morgan fingerprint density at radius 3 is 2.95 bits per heavy atom. The van der Waals surface area contributed by atoms with Crippen molar-refractivity contribution in [1.82, 2.24) is 4.98 Å². The van der Waals surface area contributed by atoms with Gasteiger partial charge in [-0.1, -0.05) is 6.92 Å². The zero-order chi connectivity index (χ0) is 13.4. The van der Waals surface area contributed by atoms with Crippen LogP contribution in [0.25, 0.3) is 10.9 Å². The molecular formula is C15H18N2O2. The molecule has 1 saturated carbocycles. The Morgan fingerprint density at radius 1 is 1.47 bits per heavy atom. The zero-order valence-electron chi connectivity index (χ0n) is 10.9. The number of rotatable bonds is 4. The predicted octanol–water partition coefficient (Wildman–Crippen LogP) is 2.61. The van der Waals surface area contributed by atoms with Gasteiger partial charge in [0.05, 0.1) is 6.61 Å². The Bertz CT molecular complexity index is 614. The normalized spacial score (nSPS) is 16.5. The Hall–Kier alpha value is -1.81. The standard InChI is InChI=1S/C15H18N2O2/c1-9(8-18)14-7-11-6-12(4-5-13(11)17-14)16-15(19)10-2-3-10/h4-7,9-10,17-18H,2-3,8H2,1H3,(H,16,19). The molecule has 1 aliphatic carbocycles. The van der Waals surface area contributed by atoms with E-state index < -0.39 is 0 Å². The summed E-state index contributed by atoms with van der Waals surface area (Å²) in [6, 6.07) is 7.88. The van der Waals surface area contributed by atoms with Crippen LogP contribution in [-0.4, -0.2) is 22.6 Å². The minimum Gasteiger partial charge on any atom is -0.396 e. The van der Waals surface area contributed by atoms with Crippen molar-refractivity contribution in [2.75, 3.05) is 11.9 Å². The summed E-state index contributed by atoms with van der Waals surface area (Å²) >= 11 is 0. The molecule has 0 bridgehead atoms. The van der Waals surface area contributed by atoms with E-state index >= 15 is 0 Å². The first-order chi connectivity index (χ1) is 9.17. The highest BCUT2D eigenvalue weighted by Gasteiger charge is 2.29. The monoisotopic (exact) mass is 258 g/mol. The second kappa shape index (κ2) is 4.70. The van der Waals surface area contributed by atoms with Gasteiger partial charge < -0.3 is 15.4 Å². The molecule has 3 N–H and O–H groups in total. The summed E-state index contributed by atoms with van der Waals surface area (Å²) in [5, 5.41) is 13.2. The van der Waals surface area contributed by atoms with Crippen LogP contribution in [0.3, 0.4) is 0 Å². The Labute approximate surface area is 111 Å². The Balaban J connectivity index is 1.85. The molecule has 0 aliphatic heterocycles. The summed E-state index contributed by atoms with van der Waals surface area (Å²) in [6.07, 6.45) is 2.02. The maximum atomic E-state index is 11.7. The first-order valence-corrected chi connectivity index (χ1v) is 6.72. The van der Waals surface area contributed by atoms with E-state index in [0.717, 1.165) is 35.1 Å². The minimum absolute atomic E-state index is 0.0944. The van der Waals surface area contributed by atoms with Gasteiger partial charge in [-0.3, -0.25) is 4.79 Å². The van der Waals surface area contributed by atoms with E-state index in [0.29, 0.717) is 0 Å². The number of hydrogen-bond acceptors (Lipinski definition) is 2. The van der Waals surface area contributed by atoms with Crippen LogP contribution >= 0.6 is 0 Å². The third kappa shape index (κ3) is 2.49. The molecule has 1 fully saturated rings. The minimum atomic E-state index is 0.0944. The van der Waals surface area contributed by atoms with Crippen LogP contribution in [0.2, 0.25) is 0 Å². The smallest absolute Gasteiger partial charge is 0.227 e. The maximum absolute atomic E-state index is 11.7. The fourth-order valence-corrected chi connectivity index (χ4v) is 2.19. The molecule has 3 rings (SSSR count). The van der Waals surface area contributed by atoms with Crippen molar-refractivity contribution in [1.29, 1.82) is 0 Å². The van der Waals surface area contributed by atoms with Crippen molar-refractivity contribution < 1.29 is 9.90 Å². The molecule has 0 saturated heterocycles. The van der Waals surface area contributed by atoms with Crippen LogP contribution < -0.4 is 5.32 Å². The molecule has 100 valence electrons. The number of hydrogen-bond donors (Lipinski definition) is 3. The molecular weight excluding hydrogens is 240 g/mol. The van der Waals surface area contributed by atoms with Crippen molar-refractivity contribution >= 4 is 22.5 Å². The largest absolute Gasteiger partial charge is 0.396 e. The summed E-state index contributed by atoms with van der Waals surface area (Å²) in [4.78, 5) is 15.0. The van der Waals surface area contributed by atoms with Gasteiger partial charge in [-0.25, -0.2) is 0 Å². The lowest BCUT2D eigenvalue weighted by molar-refractivity contribution is -0.117. The molecule has 1 aromatic carbocycles. The van der Waals surface area contributed by atoms with Gasteiger partial charge in [0, 0.05) is 34.1 Å². The van der Waals surface area contributed by atoms with E-state index in [1.165, 1.54) is 0 Å². The molecule has 1 unspecified atom stereocenters. The van der Waals surface area contributed by atoms with Crippen LogP contribution in [-0.2, 0) is 4.79 Å². The maximum Gasteiger partial charge on any atom is 0.227 e. The van der Waals surface area contributed by atoms with Gasteiger partial charge in [0.15, 0.2) is 0 Å². The van der Waals surface area contributed by atoms with Crippen LogP contribution in [0.5, 0.6) is 0 Å². The summed E-state index contributed by atoms with van der Waals surface area (Å²) in [7, 11) is 0. The molecule has 4 nitrogen and oxygen atoms in total. The lowest BCUT2D eigenvalue weighted by Crippen LogP contribution is -2.12. The molecule has 1 aliphatic rings. The number of aromatic amines is 1. The molecule has 1 aromatic heterocycles. The SMILES string of the molecule is CC(CO)c1cc2cc(NC(=O)C3CC3)ccc2[nH]1. The number of H-pyrrole nitrogens is 1. The third-order valence-electron chi connectivity index (χ3n) is 3.66. The fraction of sp³-hybridized carbons (Fsp3) is 0.400. The molecule has 1 heterocycles. The van der Waals surface area contributed by atoms with E-state index in [-0.39, 0.29) is 24.3 Å². The van der Waals surface area contributed by atoms with Crippen molar-refractivity contribution in [2.24, 2.45) is 5.92 Å². The van der Waals surface area contributed by atoms with Gasteiger partial charge in [-0.05, 0) is 37.1 Å². The van der Waals surface area contributed by atoms with Gasteiger partial charge in [0.1, 0.15) is 0 Å². The van der Waals surface area contributed by atoms with E-state index in [1.54, 1.807) is 0 Å². The Kier molecular flexibility index (Phi) is 3.03. The first kappa shape index (κ1) is 12.2. The van der Waals surface area contributed by atoms with E-state index in [2.05, 4.69) is 10.3 Å². The molecule has 1 amide bonds. The lowest BCUT2D eigenvalue weighted by atomic mass is 10.1. The molecule has 0 radical (unpaired) electrons. The van der Waals surface area contributed by atoms with Gasteiger partial charge in [-0.15, -0.1) is 0 Å². The topological polar surface area (TPSA) is 65.1 Å². The number of amides is 1. The fourth-order valence-electron chi connectivity index (χ4n) is 2.19. The number of carbonyl (C=O) groups excluding carboxylic acids is 1. The van der Waals surface area contributed by atoms with Crippen molar-refractivity contribution in [2.45, 2.75) is 25.7 Å². The second-order valence-electron chi connectivity index (χ2n) is 5.37. The van der Waals surface area contributed by atoms with Crippen LogP contribution in [0.1, 0.15) is 31.4 Å². The summed E-state index contributed by atoms with van der Waals surface area (Å²) < 4.78 is 0. The zero-order valence-corrected chi connectivity index (χ0v) is 10.9. The van der Waals surface area contributed by atoms with Crippen molar-refractivity contribution in [3.05, 3.63) is 30.0 Å². The first-order valence-electron chi connectivity index (χ1n) is 6.72. The van der Waals surface area contributed by atoms with Crippen LogP contribution in [0, 0.1) is 5.92 Å². The average Bonchev–Trinajstić information content (AvgIpc) is 3.17. The number of fused-ring (bicyclic) bond motifs is 1. The molecule has 19 heavy (non-hydrogen) atoms. The van der Waals surface area contributed by atoms with Crippen LogP contribution in [0.4, 0.5) is 5.69 Å². The highest BCUT2D eigenvalue weighted by atomic mass is 16.3. The molecule has 1 atom stereocenters. The Morgan fingerprint density at radius 2 is 2.26 bits per heavy atom. The van der Waals surface area contributed by atoms with Crippen molar-refractivity contribution in [3.8, 4) is 0 Å². The lowest BCUT2D eigenvalue weighted by Gasteiger charge is -2.03. The second-order valence-corrected chi connectivity index (χ2v) is 5.37. The summed E-state index contributed by atoms with van der Waals surface area (Å²) in [5.41, 5.74) is 2.88. The highest BCUT2D eigenvalue weighted by Crippen LogP contribution is 2.31. The molecule has 4 heteroatoms. The van der Waals surface area contributed by atoms with E-state index in [4.69, 9.17) is 0 Å². The highest BCUT2D eigenvalue weighted by molar-refractivity contribution is 5.96. The van der Waals surface area contributed by atoms with Crippen molar-refractivity contribution in [3.63, 3.8) is 0 Å². The summed E-state index contributed by atoms with van der Waals surface area (Å²) in [5.74, 6) is 0.433. The predicted molar refractivity (Wildman–Crippen MR) is 75.2 cm³/mol. The van der Waals surface area contributed by atoms with Gasteiger partial charge in [0.2, 0.25) is 5.91 Å². The van der Waals surface area contributed by atoms with E-state index in [9.17, 15) is 9.90 Å². The van der Waals surface area contributed by atoms with E-state index in [1.807, 2.05) is 31.2 Å². The number of carbonyl (C=O) groups is 1. The average molecular weight is 258 g/mol. The summed E-state index contributed by atoms with van der Waals surface area (Å²) in [6.45, 7) is 2.10. The number of aliphatic hydroxyl groups is 1. The molecule has 2 aromatic rings. The number of aliphatic hydroxyl groups excluding tert-OH is 1. The van der Waals surface area contributed by atoms with Crippen LogP contribution in [0.15, 0.2) is 24.3 Å². The van der Waals surface area contributed by atoms with Gasteiger partial charge >= 0.3 is 0 Å². The number of nitrogens with one attached hydrogen (secondary N) is 2. The number of aromatic nitrogens is 1. The molecule has 0 spiro atoms.